The molecule has 0 saturated carbocycles. The summed E-state index contributed by atoms with van der Waals surface area (Å²) in [5.74, 6) is 0. The van der Waals surface area contributed by atoms with Crippen molar-refractivity contribution in [2.75, 3.05) is 33.9 Å². The second kappa shape index (κ2) is 6.14. The molecule has 1 atom stereocenters. The van der Waals surface area contributed by atoms with Crippen molar-refractivity contribution in [3.63, 3.8) is 0 Å². The van der Waals surface area contributed by atoms with Gasteiger partial charge in [0, 0.05) is 25.1 Å². The van der Waals surface area contributed by atoms with E-state index in [-0.39, 0.29) is 6.04 Å². The van der Waals surface area contributed by atoms with E-state index >= 15 is 0 Å². The molecule has 80 valence electrons. The molecule has 1 rings (SSSR count). The van der Waals surface area contributed by atoms with Gasteiger partial charge in [0.25, 0.3) is 0 Å². The molecule has 1 unspecified atom stereocenters. The Bertz CT molecular complexity index is 238. The predicted octanol–water partition coefficient (Wildman–Crippen LogP) is 1.33. The number of rotatable bonds is 6. The lowest BCUT2D eigenvalue weighted by molar-refractivity contribution is 0.158. The van der Waals surface area contributed by atoms with Crippen molar-refractivity contribution in [1.29, 1.82) is 0 Å². The molecule has 0 amide bonds. The number of nitrogens with two attached hydrogens (primary N) is 1. The lowest BCUT2D eigenvalue weighted by Crippen LogP contribution is -2.31. The molecule has 2 N–H and O–H groups in total. The molecule has 0 saturated heterocycles. The van der Waals surface area contributed by atoms with Gasteiger partial charge in [0.2, 0.25) is 0 Å². The van der Waals surface area contributed by atoms with E-state index in [2.05, 4.69) is 23.4 Å². The average Bonchev–Trinajstić information content (AvgIpc) is 2.67. The van der Waals surface area contributed by atoms with Crippen LogP contribution in [0.1, 0.15) is 10.9 Å². The van der Waals surface area contributed by atoms with Crippen molar-refractivity contribution < 1.29 is 4.74 Å². The summed E-state index contributed by atoms with van der Waals surface area (Å²) < 4.78 is 5.00. The third kappa shape index (κ3) is 3.75. The van der Waals surface area contributed by atoms with Gasteiger partial charge in [-0.05, 0) is 18.5 Å². The summed E-state index contributed by atoms with van der Waals surface area (Å²) in [7, 11) is 3.78. The molecule has 0 bridgehead atoms. The Balaban J connectivity index is 2.29. The topological polar surface area (TPSA) is 38.5 Å². The first-order chi connectivity index (χ1) is 6.74. The number of methoxy groups -OCH3 is 1. The predicted molar refractivity (Wildman–Crippen MR) is 60.6 cm³/mol. The quantitative estimate of drug-likeness (QED) is 0.776. The SMILES string of the molecule is COCCN(C)CC(N)c1cccs1. The van der Waals surface area contributed by atoms with Gasteiger partial charge in [-0.3, -0.25) is 0 Å². The van der Waals surface area contributed by atoms with E-state index in [0.29, 0.717) is 0 Å². The molecule has 1 aromatic rings. The number of likely N-dealkylation sites (N-methyl/N-ethyl adjacent to an activating group) is 1. The number of hydrogen-bond donors (Lipinski definition) is 1. The molecular formula is C10H18N2OS. The fourth-order valence-corrected chi connectivity index (χ4v) is 1.99. The number of nitrogens with zero attached hydrogens (tertiary/aromatic N) is 1. The standard InChI is InChI=1S/C10H18N2OS/c1-12(5-6-13-2)8-9(11)10-4-3-7-14-10/h3-4,7,9H,5-6,8,11H2,1-2H3. The Morgan fingerprint density at radius 1 is 1.64 bits per heavy atom. The van der Waals surface area contributed by atoms with Gasteiger partial charge in [0.05, 0.1) is 12.6 Å². The Hall–Kier alpha value is -0.420. The molecule has 1 aromatic heterocycles. The van der Waals surface area contributed by atoms with Crippen molar-refractivity contribution in [2.45, 2.75) is 6.04 Å². The molecular weight excluding hydrogens is 196 g/mol. The zero-order valence-electron chi connectivity index (χ0n) is 8.77. The third-order valence-corrected chi connectivity index (χ3v) is 3.10. The van der Waals surface area contributed by atoms with Gasteiger partial charge in [-0.1, -0.05) is 6.07 Å². The van der Waals surface area contributed by atoms with Crippen LogP contribution in [0.2, 0.25) is 0 Å². The number of ether oxygens (including phenoxy) is 1. The van der Waals surface area contributed by atoms with Crippen LogP contribution in [0, 0.1) is 0 Å². The second-order valence-electron chi connectivity index (χ2n) is 3.38. The molecule has 0 fully saturated rings. The smallest absolute Gasteiger partial charge is 0.0589 e. The maximum atomic E-state index is 6.04. The molecule has 0 aliphatic rings. The zero-order chi connectivity index (χ0) is 10.4. The highest BCUT2D eigenvalue weighted by Gasteiger charge is 2.09. The van der Waals surface area contributed by atoms with Crippen LogP contribution in [0.4, 0.5) is 0 Å². The van der Waals surface area contributed by atoms with E-state index in [9.17, 15) is 0 Å². The first-order valence-electron chi connectivity index (χ1n) is 4.70. The first kappa shape index (κ1) is 11.7. The van der Waals surface area contributed by atoms with Gasteiger partial charge in [0.15, 0.2) is 0 Å². The highest BCUT2D eigenvalue weighted by atomic mass is 32.1. The van der Waals surface area contributed by atoms with Crippen LogP contribution in [0.15, 0.2) is 17.5 Å². The summed E-state index contributed by atoms with van der Waals surface area (Å²) >= 11 is 1.71. The molecule has 14 heavy (non-hydrogen) atoms. The fourth-order valence-electron chi connectivity index (χ4n) is 1.27. The van der Waals surface area contributed by atoms with E-state index in [4.69, 9.17) is 10.5 Å². The molecule has 0 aliphatic heterocycles. The summed E-state index contributed by atoms with van der Waals surface area (Å²) in [6.07, 6.45) is 0. The Labute approximate surface area is 89.5 Å². The third-order valence-electron chi connectivity index (χ3n) is 2.09. The first-order valence-corrected chi connectivity index (χ1v) is 5.58. The van der Waals surface area contributed by atoms with E-state index in [1.165, 1.54) is 4.88 Å². The van der Waals surface area contributed by atoms with E-state index in [1.807, 2.05) is 6.07 Å². The van der Waals surface area contributed by atoms with E-state index < -0.39 is 0 Å². The van der Waals surface area contributed by atoms with Gasteiger partial charge < -0.3 is 15.4 Å². The van der Waals surface area contributed by atoms with Gasteiger partial charge in [-0.15, -0.1) is 11.3 Å². The van der Waals surface area contributed by atoms with Crippen molar-refractivity contribution in [1.82, 2.24) is 4.90 Å². The molecule has 0 aliphatic carbocycles. The van der Waals surface area contributed by atoms with Gasteiger partial charge in [-0.25, -0.2) is 0 Å². The van der Waals surface area contributed by atoms with Crippen molar-refractivity contribution >= 4 is 11.3 Å². The van der Waals surface area contributed by atoms with Crippen LogP contribution in [0.25, 0.3) is 0 Å². The summed E-state index contributed by atoms with van der Waals surface area (Å²) in [5.41, 5.74) is 6.04. The van der Waals surface area contributed by atoms with Gasteiger partial charge in [-0.2, -0.15) is 0 Å². The lowest BCUT2D eigenvalue weighted by atomic mass is 10.2. The van der Waals surface area contributed by atoms with Crippen LogP contribution < -0.4 is 5.73 Å². The maximum absolute atomic E-state index is 6.04. The van der Waals surface area contributed by atoms with Gasteiger partial charge >= 0.3 is 0 Å². The summed E-state index contributed by atoms with van der Waals surface area (Å²) in [4.78, 5) is 3.43. The monoisotopic (exact) mass is 214 g/mol. The zero-order valence-corrected chi connectivity index (χ0v) is 9.59. The highest BCUT2D eigenvalue weighted by molar-refractivity contribution is 7.10. The highest BCUT2D eigenvalue weighted by Crippen LogP contribution is 2.16. The molecule has 0 aromatic carbocycles. The molecule has 0 spiro atoms. The summed E-state index contributed by atoms with van der Waals surface area (Å²) in [6.45, 7) is 2.56. The van der Waals surface area contributed by atoms with Gasteiger partial charge in [0.1, 0.15) is 0 Å². The van der Waals surface area contributed by atoms with Crippen LogP contribution in [-0.2, 0) is 4.74 Å². The van der Waals surface area contributed by atoms with Crippen LogP contribution in [0.3, 0.4) is 0 Å². The minimum atomic E-state index is 0.122. The van der Waals surface area contributed by atoms with Crippen molar-refractivity contribution in [3.8, 4) is 0 Å². The van der Waals surface area contributed by atoms with Crippen molar-refractivity contribution in [3.05, 3.63) is 22.4 Å². The minimum Gasteiger partial charge on any atom is -0.383 e. The normalized spacial score (nSPS) is 13.4. The fraction of sp³-hybridized carbons (Fsp3) is 0.600. The van der Waals surface area contributed by atoms with Crippen molar-refractivity contribution in [2.24, 2.45) is 5.73 Å². The molecule has 1 heterocycles. The van der Waals surface area contributed by atoms with Crippen LogP contribution in [-0.4, -0.2) is 38.8 Å². The second-order valence-corrected chi connectivity index (χ2v) is 4.36. The summed E-state index contributed by atoms with van der Waals surface area (Å²) in [6, 6.07) is 4.24. The Kier molecular flexibility index (Phi) is 5.11. The van der Waals surface area contributed by atoms with E-state index in [1.54, 1.807) is 18.4 Å². The largest absolute Gasteiger partial charge is 0.383 e. The Morgan fingerprint density at radius 2 is 2.43 bits per heavy atom. The molecule has 0 radical (unpaired) electrons. The maximum Gasteiger partial charge on any atom is 0.0589 e. The number of hydrogen-bond acceptors (Lipinski definition) is 4. The molecule has 3 nitrogen and oxygen atoms in total. The number of thiophene rings is 1. The minimum absolute atomic E-state index is 0.122. The summed E-state index contributed by atoms with van der Waals surface area (Å²) in [5, 5.41) is 2.06. The van der Waals surface area contributed by atoms with Crippen LogP contribution in [0.5, 0.6) is 0 Å². The Morgan fingerprint density at radius 3 is 3.00 bits per heavy atom. The molecule has 4 heteroatoms. The average molecular weight is 214 g/mol. The van der Waals surface area contributed by atoms with E-state index in [0.717, 1.165) is 19.7 Å². The lowest BCUT2D eigenvalue weighted by Gasteiger charge is -2.19. The van der Waals surface area contributed by atoms with Crippen LogP contribution >= 0.6 is 11.3 Å².